The van der Waals surface area contributed by atoms with Crippen molar-refractivity contribution in [3.8, 4) is 34.2 Å². The van der Waals surface area contributed by atoms with E-state index in [9.17, 15) is 0 Å². The molecule has 6 nitrogen and oxygen atoms in total. The summed E-state index contributed by atoms with van der Waals surface area (Å²) < 4.78 is 0. The van der Waals surface area contributed by atoms with Crippen molar-refractivity contribution in [3.63, 3.8) is 0 Å². The Kier molecular flexibility index (Phi) is 16.4. The van der Waals surface area contributed by atoms with E-state index in [1.54, 1.807) is 0 Å². The molecule has 0 aliphatic carbocycles. The minimum Gasteiger partial charge on any atom is -0.206 e. The maximum Gasteiger partial charge on any atom is 2.00 e. The maximum atomic E-state index is 3.34. The predicted octanol–water partition coefficient (Wildman–Crippen LogP) is 10.7. The van der Waals surface area contributed by atoms with Gasteiger partial charge in [0.15, 0.2) is 37.2 Å². The van der Waals surface area contributed by atoms with Crippen molar-refractivity contribution in [2.75, 3.05) is 0 Å². The molecule has 6 aromatic heterocycles. The van der Waals surface area contributed by atoms with Gasteiger partial charge in [-0.1, -0.05) is 125 Å². The van der Waals surface area contributed by atoms with Crippen LogP contribution in [0.25, 0.3) is 34.2 Å². The zero-order valence-electron chi connectivity index (χ0n) is 40.7. The van der Waals surface area contributed by atoms with Gasteiger partial charge in [0.05, 0.1) is 0 Å². The van der Waals surface area contributed by atoms with Gasteiger partial charge in [0.2, 0.25) is 0 Å². The molecule has 0 bridgehead atoms. The summed E-state index contributed by atoms with van der Waals surface area (Å²) in [6.07, 6.45) is 12.1. The quantitative estimate of drug-likeness (QED) is 0.158. The molecule has 324 valence electrons. The molecule has 6 aromatic rings. The summed E-state index contributed by atoms with van der Waals surface area (Å²) in [7, 11) is 0. The van der Waals surface area contributed by atoms with E-state index in [0.717, 1.165) is 34.2 Å². The molecule has 0 unspecified atom stereocenters. The third-order valence-electron chi connectivity index (χ3n) is 10.9. The molecule has 6 N–H and O–H groups in total. The summed E-state index contributed by atoms with van der Waals surface area (Å²) in [5.74, 6) is 0. The number of nitrogens with one attached hydrogen (secondary N) is 6. The summed E-state index contributed by atoms with van der Waals surface area (Å²) >= 11 is 0. The van der Waals surface area contributed by atoms with E-state index in [0.29, 0.717) is 0 Å². The van der Waals surface area contributed by atoms with Crippen LogP contribution < -0.4 is 29.9 Å². The Bertz CT molecular complexity index is 1910. The third-order valence-corrected chi connectivity index (χ3v) is 10.9. The first-order chi connectivity index (χ1) is 27.5. The van der Waals surface area contributed by atoms with Gasteiger partial charge in [-0.15, -0.1) is 0 Å². The van der Waals surface area contributed by atoms with E-state index in [4.69, 9.17) is 0 Å². The normalized spacial score (nSPS) is 12.3. The average Bonchev–Trinajstić information content (AvgIpc) is 3.17. The third kappa shape index (κ3) is 14.8. The van der Waals surface area contributed by atoms with Crippen molar-refractivity contribution in [2.45, 2.75) is 157 Å². The minimum absolute atomic E-state index is 0. The Hall–Kier alpha value is -4.48. The molecule has 0 saturated carbocycles. The summed E-state index contributed by atoms with van der Waals surface area (Å²) in [6.45, 7) is 40.3. The summed E-state index contributed by atoms with van der Waals surface area (Å²) in [5, 5.41) is 0. The van der Waals surface area contributed by atoms with Gasteiger partial charge in [-0.05, 0) is 65.9 Å². The van der Waals surface area contributed by atoms with Gasteiger partial charge in [-0.3, -0.25) is 0 Å². The average molecular weight is 912 g/mol. The first kappa shape index (κ1) is 50.9. The largest absolute Gasteiger partial charge is 2.00 e. The molecule has 0 aliphatic rings. The molecular weight excluding hydrogens is 834 g/mol. The van der Waals surface area contributed by atoms with E-state index in [2.05, 4.69) is 227 Å². The van der Waals surface area contributed by atoms with Gasteiger partial charge < -0.3 is 0 Å². The Labute approximate surface area is 382 Å². The maximum absolute atomic E-state index is 3.34. The van der Waals surface area contributed by atoms with Crippen molar-refractivity contribution in [3.05, 3.63) is 143 Å². The van der Waals surface area contributed by atoms with E-state index in [1.165, 1.54) is 33.4 Å². The fraction of sp³-hybridized carbons (Fsp3) is 0.444. The number of pyridine rings is 6. The molecular formula is C54H78N6Ru+8. The van der Waals surface area contributed by atoms with E-state index < -0.39 is 0 Å². The van der Waals surface area contributed by atoms with Gasteiger partial charge in [-0.25, -0.2) is 29.9 Å². The molecule has 0 amide bonds. The Balaban J connectivity index is 0.000000242. The molecule has 0 aromatic carbocycles. The Morgan fingerprint density at radius 1 is 0.230 bits per heavy atom. The second kappa shape index (κ2) is 19.7. The topological polar surface area (TPSA) is 84.8 Å². The molecule has 0 saturated heterocycles. The zero-order valence-corrected chi connectivity index (χ0v) is 42.5. The molecule has 61 heavy (non-hydrogen) atoms. The SMILES string of the molecule is CC(C)(C)c1cc[nH+]c(-c2cc(C(C)(C)C)cc[nH+]2)c1.CC(C)(C)c1cc[nH+]c(-c2cc(C(C)(C)C)cc[nH+]2)c1.CC(C)(C)c1cc[nH+]c(-c2cc(C(C)(C)C)cc[nH+]2)c1.[Ru+2]. The van der Waals surface area contributed by atoms with Crippen LogP contribution in [0, 0.1) is 0 Å². The fourth-order valence-corrected chi connectivity index (χ4v) is 6.53. The molecule has 6 heterocycles. The standard InChI is InChI=1S/3C18H24N2.Ru/c3*1-17(2,3)13-7-9-19-15(11-13)16-12-14(8-10-20-16)18(4,5)6;/h3*7-12H,1-6H3;/q;;;+2/p+6. The van der Waals surface area contributed by atoms with Crippen LogP contribution in [0.2, 0.25) is 0 Å². The smallest absolute Gasteiger partial charge is 0.206 e. The van der Waals surface area contributed by atoms with E-state index in [-0.39, 0.29) is 52.0 Å². The Morgan fingerprint density at radius 2 is 0.344 bits per heavy atom. The number of hydrogen-bond donors (Lipinski definition) is 0. The van der Waals surface area contributed by atoms with Crippen molar-refractivity contribution in [1.29, 1.82) is 0 Å². The van der Waals surface area contributed by atoms with Crippen LogP contribution in [-0.4, -0.2) is 0 Å². The van der Waals surface area contributed by atoms with E-state index >= 15 is 0 Å². The molecule has 0 aliphatic heterocycles. The molecule has 6 rings (SSSR count). The van der Waals surface area contributed by atoms with Crippen LogP contribution in [0.15, 0.2) is 110 Å². The van der Waals surface area contributed by atoms with Crippen LogP contribution in [0.1, 0.15) is 158 Å². The number of aromatic nitrogens is 6. The fourth-order valence-electron chi connectivity index (χ4n) is 6.53. The van der Waals surface area contributed by atoms with Crippen molar-refractivity contribution < 1.29 is 49.4 Å². The molecule has 7 heteroatoms. The molecule has 0 fully saturated rings. The molecule has 0 spiro atoms. The van der Waals surface area contributed by atoms with Gasteiger partial charge in [-0.2, -0.15) is 0 Å². The minimum atomic E-state index is 0. The number of aromatic amines is 6. The predicted molar refractivity (Wildman–Crippen MR) is 247 cm³/mol. The summed E-state index contributed by atoms with van der Waals surface area (Å²) in [5.41, 5.74) is 15.7. The first-order valence-corrected chi connectivity index (χ1v) is 21.7. The van der Waals surface area contributed by atoms with Crippen LogP contribution in [0.5, 0.6) is 0 Å². The van der Waals surface area contributed by atoms with Crippen molar-refractivity contribution >= 4 is 0 Å². The van der Waals surface area contributed by atoms with Gasteiger partial charge in [0, 0.05) is 72.8 Å². The molecule has 0 atom stereocenters. The number of rotatable bonds is 3. The van der Waals surface area contributed by atoms with Crippen LogP contribution in [0.4, 0.5) is 0 Å². The second-order valence-corrected chi connectivity index (χ2v) is 22.4. The van der Waals surface area contributed by atoms with Crippen LogP contribution in [-0.2, 0) is 52.0 Å². The van der Waals surface area contributed by atoms with Crippen LogP contribution in [0.3, 0.4) is 0 Å². The van der Waals surface area contributed by atoms with E-state index in [1.807, 2.05) is 37.2 Å². The summed E-state index contributed by atoms with van der Waals surface area (Å²) in [4.78, 5) is 20.1. The van der Waals surface area contributed by atoms with Gasteiger partial charge >= 0.3 is 19.5 Å². The molecule has 0 radical (unpaired) electrons. The monoisotopic (exact) mass is 913 g/mol. The van der Waals surface area contributed by atoms with Crippen molar-refractivity contribution in [2.24, 2.45) is 0 Å². The number of hydrogen-bond acceptors (Lipinski definition) is 0. The summed E-state index contributed by atoms with van der Waals surface area (Å²) in [6, 6.07) is 26.3. The number of H-pyrrole nitrogens is 6. The van der Waals surface area contributed by atoms with Crippen LogP contribution >= 0.6 is 0 Å². The van der Waals surface area contributed by atoms with Gasteiger partial charge in [0.1, 0.15) is 0 Å². The first-order valence-electron chi connectivity index (χ1n) is 21.7. The van der Waals surface area contributed by atoms with Crippen molar-refractivity contribution in [1.82, 2.24) is 0 Å². The zero-order chi connectivity index (χ0) is 44.9. The second-order valence-electron chi connectivity index (χ2n) is 22.4. The van der Waals surface area contributed by atoms with Gasteiger partial charge in [0.25, 0.3) is 34.2 Å². The Morgan fingerprint density at radius 3 is 0.443 bits per heavy atom.